The molecule has 1 saturated carbocycles. The molecule has 1 aromatic carbocycles. The predicted molar refractivity (Wildman–Crippen MR) is 91.4 cm³/mol. The van der Waals surface area contributed by atoms with E-state index in [9.17, 15) is 4.79 Å². The Labute approximate surface area is 138 Å². The molecular weight excluding hydrogens is 288 g/mol. The van der Waals surface area contributed by atoms with Crippen molar-refractivity contribution in [1.82, 2.24) is 10.6 Å². The topological polar surface area (TPSA) is 61.4 Å². The molecule has 1 aromatic rings. The van der Waals surface area contributed by atoms with Crippen LogP contribution < -0.4 is 10.6 Å². The van der Waals surface area contributed by atoms with Crippen LogP contribution in [0, 0.1) is 11.8 Å². The van der Waals surface area contributed by atoms with E-state index in [1.807, 2.05) is 13.8 Å². The summed E-state index contributed by atoms with van der Waals surface area (Å²) in [6.45, 7) is 4.68. The van der Waals surface area contributed by atoms with Crippen LogP contribution in [0.15, 0.2) is 24.3 Å². The van der Waals surface area contributed by atoms with Crippen LogP contribution in [0.2, 0.25) is 0 Å². The highest BCUT2D eigenvalue weighted by molar-refractivity contribution is 5.74. The van der Waals surface area contributed by atoms with Gasteiger partial charge in [0.2, 0.25) is 0 Å². The lowest BCUT2D eigenvalue weighted by molar-refractivity contribution is 0.200. The van der Waals surface area contributed by atoms with E-state index in [-0.39, 0.29) is 24.6 Å². The maximum atomic E-state index is 12.0. The van der Waals surface area contributed by atoms with Gasteiger partial charge in [0.15, 0.2) is 0 Å². The SMILES string of the molecule is CC(CO)C(C)NC(=O)NCC1CC12CCCc1ccccc12. The zero-order chi connectivity index (χ0) is 16.4. The van der Waals surface area contributed by atoms with Gasteiger partial charge >= 0.3 is 6.03 Å². The number of carbonyl (C=O) groups is 1. The standard InChI is InChI=1S/C19H28N2O2/c1-13(12-22)14(2)21-18(23)20-11-16-10-19(16)9-5-7-15-6-3-4-8-17(15)19/h3-4,6,8,13-14,16,22H,5,7,9-12H2,1-2H3,(H2,20,21,23). The van der Waals surface area contributed by atoms with Crippen molar-refractivity contribution in [3.8, 4) is 0 Å². The monoisotopic (exact) mass is 316 g/mol. The molecular formula is C19H28N2O2. The number of rotatable bonds is 5. The normalized spacial score (nSPS) is 27.9. The van der Waals surface area contributed by atoms with Gasteiger partial charge in [0.1, 0.15) is 0 Å². The van der Waals surface area contributed by atoms with Crippen molar-refractivity contribution >= 4 is 6.03 Å². The minimum atomic E-state index is -0.121. The van der Waals surface area contributed by atoms with Crippen molar-refractivity contribution in [2.45, 2.75) is 51.0 Å². The molecule has 3 N–H and O–H groups in total. The Morgan fingerprint density at radius 2 is 2.17 bits per heavy atom. The smallest absolute Gasteiger partial charge is 0.315 e. The molecule has 1 spiro atoms. The van der Waals surface area contributed by atoms with Crippen molar-refractivity contribution in [2.24, 2.45) is 11.8 Å². The van der Waals surface area contributed by atoms with Crippen molar-refractivity contribution in [3.63, 3.8) is 0 Å². The van der Waals surface area contributed by atoms with Crippen LogP contribution >= 0.6 is 0 Å². The van der Waals surface area contributed by atoms with E-state index in [1.165, 1.54) is 36.8 Å². The first-order chi connectivity index (χ1) is 11.1. The quantitative estimate of drug-likeness (QED) is 0.782. The lowest BCUT2D eigenvalue weighted by Crippen LogP contribution is -2.45. The molecule has 4 heteroatoms. The Morgan fingerprint density at radius 1 is 1.39 bits per heavy atom. The molecule has 0 aliphatic heterocycles. The molecule has 4 unspecified atom stereocenters. The maximum absolute atomic E-state index is 12.0. The van der Waals surface area contributed by atoms with Gasteiger partial charge in [-0.3, -0.25) is 0 Å². The first kappa shape index (κ1) is 16.3. The van der Waals surface area contributed by atoms with E-state index < -0.39 is 0 Å². The summed E-state index contributed by atoms with van der Waals surface area (Å²) in [5.41, 5.74) is 3.32. The van der Waals surface area contributed by atoms with Gasteiger partial charge in [-0.25, -0.2) is 4.79 Å². The minimum absolute atomic E-state index is 0.0245. The van der Waals surface area contributed by atoms with Gasteiger partial charge in [0.05, 0.1) is 0 Å². The van der Waals surface area contributed by atoms with Gasteiger partial charge in [-0.05, 0) is 55.6 Å². The van der Waals surface area contributed by atoms with E-state index in [2.05, 4.69) is 34.9 Å². The predicted octanol–water partition coefficient (Wildman–Crippen LogP) is 2.60. The molecule has 23 heavy (non-hydrogen) atoms. The maximum Gasteiger partial charge on any atom is 0.315 e. The number of benzene rings is 1. The zero-order valence-corrected chi connectivity index (χ0v) is 14.1. The lowest BCUT2D eigenvalue weighted by Gasteiger charge is -2.27. The number of aryl methyl sites for hydroxylation is 1. The summed E-state index contributed by atoms with van der Waals surface area (Å²) in [6, 6.07) is 8.65. The Morgan fingerprint density at radius 3 is 2.96 bits per heavy atom. The van der Waals surface area contributed by atoms with Crippen LogP contribution in [0.3, 0.4) is 0 Å². The Bertz CT molecular complexity index is 574. The molecule has 0 heterocycles. The van der Waals surface area contributed by atoms with Crippen LogP contribution in [-0.2, 0) is 11.8 Å². The number of fused-ring (bicyclic) bond motifs is 2. The molecule has 4 nitrogen and oxygen atoms in total. The molecule has 1 fully saturated rings. The highest BCUT2D eigenvalue weighted by Crippen LogP contribution is 2.59. The molecule has 2 amide bonds. The number of aliphatic hydroxyl groups is 1. The van der Waals surface area contributed by atoms with E-state index in [0.717, 1.165) is 6.54 Å². The highest BCUT2D eigenvalue weighted by atomic mass is 16.3. The number of nitrogens with one attached hydrogen (secondary N) is 2. The molecule has 0 saturated heterocycles. The summed E-state index contributed by atoms with van der Waals surface area (Å²) in [4.78, 5) is 12.0. The average molecular weight is 316 g/mol. The van der Waals surface area contributed by atoms with E-state index in [4.69, 9.17) is 5.11 Å². The Balaban J connectivity index is 1.53. The molecule has 4 atom stereocenters. The second-order valence-electron chi connectivity index (χ2n) is 7.37. The third-order valence-corrected chi connectivity index (χ3v) is 5.86. The van der Waals surface area contributed by atoms with Crippen molar-refractivity contribution in [3.05, 3.63) is 35.4 Å². The van der Waals surface area contributed by atoms with Gasteiger partial charge in [0, 0.05) is 24.6 Å². The molecule has 2 aliphatic rings. The third-order valence-electron chi connectivity index (χ3n) is 5.86. The second kappa shape index (κ2) is 6.52. The third kappa shape index (κ3) is 3.23. The van der Waals surface area contributed by atoms with Crippen LogP contribution in [0.5, 0.6) is 0 Å². The first-order valence-electron chi connectivity index (χ1n) is 8.80. The Kier molecular flexibility index (Phi) is 4.62. The van der Waals surface area contributed by atoms with Crippen LogP contribution in [-0.4, -0.2) is 30.3 Å². The number of aliphatic hydroxyl groups excluding tert-OH is 1. The molecule has 126 valence electrons. The van der Waals surface area contributed by atoms with E-state index in [1.54, 1.807) is 0 Å². The lowest BCUT2D eigenvalue weighted by atomic mass is 9.78. The van der Waals surface area contributed by atoms with Crippen LogP contribution in [0.1, 0.15) is 44.2 Å². The van der Waals surface area contributed by atoms with Gasteiger partial charge in [-0.1, -0.05) is 31.2 Å². The summed E-state index contributed by atoms with van der Waals surface area (Å²) in [5.74, 6) is 0.624. The van der Waals surface area contributed by atoms with E-state index in [0.29, 0.717) is 11.3 Å². The zero-order valence-electron chi connectivity index (χ0n) is 14.1. The fraction of sp³-hybridized carbons (Fsp3) is 0.632. The molecule has 2 aliphatic carbocycles. The highest BCUT2D eigenvalue weighted by Gasteiger charge is 2.56. The molecule has 0 bridgehead atoms. The van der Waals surface area contributed by atoms with Gasteiger partial charge < -0.3 is 15.7 Å². The summed E-state index contributed by atoms with van der Waals surface area (Å²) in [5, 5.41) is 15.1. The molecule has 0 radical (unpaired) electrons. The van der Waals surface area contributed by atoms with Crippen molar-refractivity contribution in [2.75, 3.05) is 13.2 Å². The summed E-state index contributed by atoms with van der Waals surface area (Å²) < 4.78 is 0. The molecule has 0 aromatic heterocycles. The number of carbonyl (C=O) groups excluding carboxylic acids is 1. The van der Waals surface area contributed by atoms with Crippen LogP contribution in [0.4, 0.5) is 4.79 Å². The van der Waals surface area contributed by atoms with E-state index >= 15 is 0 Å². The minimum Gasteiger partial charge on any atom is -0.396 e. The van der Waals surface area contributed by atoms with Crippen LogP contribution in [0.25, 0.3) is 0 Å². The van der Waals surface area contributed by atoms with Crippen molar-refractivity contribution < 1.29 is 9.90 Å². The Hall–Kier alpha value is -1.55. The van der Waals surface area contributed by atoms with Gasteiger partial charge in [-0.15, -0.1) is 0 Å². The summed E-state index contributed by atoms with van der Waals surface area (Å²) >= 11 is 0. The number of hydrogen-bond donors (Lipinski definition) is 3. The van der Waals surface area contributed by atoms with Gasteiger partial charge in [-0.2, -0.15) is 0 Å². The fourth-order valence-corrected chi connectivity index (χ4v) is 4.01. The van der Waals surface area contributed by atoms with Crippen molar-refractivity contribution in [1.29, 1.82) is 0 Å². The molecule has 3 rings (SSSR count). The summed E-state index contributed by atoms with van der Waals surface area (Å²) in [7, 11) is 0. The first-order valence-corrected chi connectivity index (χ1v) is 8.80. The number of hydrogen-bond acceptors (Lipinski definition) is 2. The second-order valence-corrected chi connectivity index (χ2v) is 7.37. The number of amides is 2. The average Bonchev–Trinajstić information content (AvgIpc) is 3.26. The fourth-order valence-electron chi connectivity index (χ4n) is 4.01. The largest absolute Gasteiger partial charge is 0.396 e. The van der Waals surface area contributed by atoms with Gasteiger partial charge in [0.25, 0.3) is 0 Å². The summed E-state index contributed by atoms with van der Waals surface area (Å²) in [6.07, 6.45) is 4.88. The number of urea groups is 1.